The van der Waals surface area contributed by atoms with Crippen molar-refractivity contribution in [2.75, 3.05) is 16.8 Å². The van der Waals surface area contributed by atoms with Crippen LogP contribution < -0.4 is 15.5 Å². The van der Waals surface area contributed by atoms with E-state index in [1.165, 1.54) is 6.33 Å². The van der Waals surface area contributed by atoms with Gasteiger partial charge in [-0.05, 0) is 62.4 Å². The van der Waals surface area contributed by atoms with Crippen molar-refractivity contribution >= 4 is 34.8 Å². The van der Waals surface area contributed by atoms with E-state index in [4.69, 9.17) is 16.9 Å². The summed E-state index contributed by atoms with van der Waals surface area (Å²) in [5.74, 6) is 0.872. The van der Waals surface area contributed by atoms with E-state index in [1.807, 2.05) is 6.07 Å². The maximum atomic E-state index is 12.5. The number of anilines is 3. The molecule has 3 N–H and O–H groups in total. The molecule has 0 atom stereocenters. The molecule has 184 valence electrons. The third kappa shape index (κ3) is 5.22. The number of hydrogen-bond donors (Lipinski definition) is 3. The van der Waals surface area contributed by atoms with Gasteiger partial charge in [0.1, 0.15) is 18.2 Å². The summed E-state index contributed by atoms with van der Waals surface area (Å²) >= 11 is 6.22. The van der Waals surface area contributed by atoms with E-state index in [0.717, 1.165) is 36.3 Å². The summed E-state index contributed by atoms with van der Waals surface area (Å²) in [4.78, 5) is 23.5. The Kier molecular flexibility index (Phi) is 6.93. The van der Waals surface area contributed by atoms with Gasteiger partial charge in [0.2, 0.25) is 0 Å². The molecule has 0 unspecified atom stereocenters. The van der Waals surface area contributed by atoms with Gasteiger partial charge in [0, 0.05) is 23.8 Å². The third-order valence-corrected chi connectivity index (χ3v) is 6.93. The second kappa shape index (κ2) is 10.4. The lowest BCUT2D eigenvalue weighted by Crippen LogP contribution is -2.39. The van der Waals surface area contributed by atoms with Gasteiger partial charge in [0.15, 0.2) is 11.5 Å². The zero-order valence-corrected chi connectivity index (χ0v) is 20.2. The lowest BCUT2D eigenvalue weighted by Gasteiger charge is -2.30. The van der Waals surface area contributed by atoms with Crippen molar-refractivity contribution in [3.05, 3.63) is 64.2 Å². The van der Waals surface area contributed by atoms with Gasteiger partial charge < -0.3 is 20.6 Å². The molecule has 5 rings (SSSR count). The topological polar surface area (TPSA) is 140 Å². The van der Waals surface area contributed by atoms with Crippen molar-refractivity contribution in [1.82, 2.24) is 25.5 Å². The highest BCUT2D eigenvalue weighted by Crippen LogP contribution is 2.30. The number of halogens is 1. The van der Waals surface area contributed by atoms with E-state index in [2.05, 4.69) is 41.8 Å². The number of aliphatic hydroxyl groups excluding tert-OH is 1. The fourth-order valence-corrected chi connectivity index (χ4v) is 4.81. The molecule has 0 radical (unpaired) electrons. The van der Waals surface area contributed by atoms with E-state index >= 15 is 0 Å². The van der Waals surface area contributed by atoms with Crippen LogP contribution in [0.1, 0.15) is 53.0 Å². The Balaban J connectivity index is 1.24. The van der Waals surface area contributed by atoms with Gasteiger partial charge in [0.05, 0.1) is 28.9 Å². The molecule has 1 aliphatic heterocycles. The van der Waals surface area contributed by atoms with E-state index in [0.29, 0.717) is 48.0 Å². The van der Waals surface area contributed by atoms with Crippen LogP contribution >= 0.6 is 11.6 Å². The second-order valence-corrected chi connectivity index (χ2v) is 9.41. The van der Waals surface area contributed by atoms with Crippen molar-refractivity contribution in [3.8, 4) is 6.07 Å². The first-order valence-electron chi connectivity index (χ1n) is 11.9. The average Bonchev–Trinajstić information content (AvgIpc) is 2.90. The summed E-state index contributed by atoms with van der Waals surface area (Å²) in [6.07, 6.45) is 4.85. The van der Waals surface area contributed by atoms with Gasteiger partial charge in [-0.1, -0.05) is 11.6 Å². The molecule has 10 nitrogen and oxygen atoms in total. The first-order valence-corrected chi connectivity index (χ1v) is 12.2. The first-order chi connectivity index (χ1) is 17.5. The molecule has 1 aromatic carbocycles. The van der Waals surface area contributed by atoms with Gasteiger partial charge >= 0.3 is 0 Å². The van der Waals surface area contributed by atoms with Crippen molar-refractivity contribution in [1.29, 1.82) is 5.26 Å². The number of amides is 1. The SMILES string of the molecule is N#Cc1ccc(N2CCc3c(ncnc3Nc3ccc(C(=O)N[C@H]4CC[C@H](O)CC4)nn3)C2)cc1Cl. The van der Waals surface area contributed by atoms with Crippen molar-refractivity contribution < 1.29 is 9.90 Å². The molecule has 1 fully saturated rings. The highest BCUT2D eigenvalue weighted by Gasteiger charge is 2.23. The molecule has 2 aromatic heterocycles. The molecule has 36 heavy (non-hydrogen) atoms. The maximum Gasteiger partial charge on any atom is 0.272 e. The zero-order valence-electron chi connectivity index (χ0n) is 19.5. The fourth-order valence-electron chi connectivity index (χ4n) is 4.59. The van der Waals surface area contributed by atoms with Crippen molar-refractivity contribution in [3.63, 3.8) is 0 Å². The van der Waals surface area contributed by atoms with Crippen molar-refractivity contribution in [2.24, 2.45) is 0 Å². The Hall–Kier alpha value is -3.81. The fraction of sp³-hybridized carbons (Fsp3) is 0.360. The number of nitrogens with zero attached hydrogens (tertiary/aromatic N) is 6. The molecule has 0 bridgehead atoms. The lowest BCUT2D eigenvalue weighted by molar-refractivity contribution is 0.0862. The van der Waals surface area contributed by atoms with Crippen LogP contribution in [-0.4, -0.2) is 49.9 Å². The van der Waals surface area contributed by atoms with Crippen LogP contribution in [0.15, 0.2) is 36.7 Å². The molecule has 2 aliphatic rings. The Morgan fingerprint density at radius 1 is 1.14 bits per heavy atom. The monoisotopic (exact) mass is 504 g/mol. The molecule has 3 heterocycles. The Morgan fingerprint density at radius 2 is 1.97 bits per heavy atom. The van der Waals surface area contributed by atoms with E-state index in [-0.39, 0.29) is 23.7 Å². The largest absolute Gasteiger partial charge is 0.393 e. The number of carbonyl (C=O) groups excluding carboxylic acids is 1. The molecule has 11 heteroatoms. The second-order valence-electron chi connectivity index (χ2n) is 9.00. The average molecular weight is 505 g/mol. The Labute approximate surface area is 213 Å². The van der Waals surface area contributed by atoms with E-state index in [1.54, 1.807) is 24.3 Å². The predicted molar refractivity (Wildman–Crippen MR) is 134 cm³/mol. The summed E-state index contributed by atoms with van der Waals surface area (Å²) in [6, 6.07) is 10.9. The van der Waals surface area contributed by atoms with Gasteiger partial charge in [-0.2, -0.15) is 5.26 Å². The summed E-state index contributed by atoms with van der Waals surface area (Å²) < 4.78 is 0. The minimum absolute atomic E-state index is 0.0490. The number of benzene rings is 1. The molecule has 1 saturated carbocycles. The number of rotatable bonds is 5. The van der Waals surface area contributed by atoms with Gasteiger partial charge in [-0.25, -0.2) is 9.97 Å². The number of carbonyl (C=O) groups is 1. The van der Waals surface area contributed by atoms with Crippen LogP contribution in [0.25, 0.3) is 0 Å². The minimum atomic E-state index is -0.270. The predicted octanol–water partition coefficient (Wildman–Crippen LogP) is 3.13. The normalized spacial score (nSPS) is 19.2. The van der Waals surface area contributed by atoms with Gasteiger partial charge in [-0.3, -0.25) is 4.79 Å². The van der Waals surface area contributed by atoms with Gasteiger partial charge in [-0.15, -0.1) is 10.2 Å². The Bertz CT molecular complexity index is 1300. The lowest BCUT2D eigenvalue weighted by atomic mass is 9.93. The van der Waals surface area contributed by atoms with E-state index in [9.17, 15) is 9.90 Å². The van der Waals surface area contributed by atoms with Crippen LogP contribution in [0.3, 0.4) is 0 Å². The maximum absolute atomic E-state index is 12.5. The van der Waals surface area contributed by atoms with Crippen LogP contribution in [-0.2, 0) is 13.0 Å². The quantitative estimate of drug-likeness (QED) is 0.478. The molecular formula is C25H25ClN8O2. The highest BCUT2D eigenvalue weighted by molar-refractivity contribution is 6.32. The first kappa shape index (κ1) is 23.9. The van der Waals surface area contributed by atoms with Crippen LogP contribution in [0, 0.1) is 11.3 Å². The van der Waals surface area contributed by atoms with Crippen LogP contribution in [0.4, 0.5) is 17.3 Å². The standard InChI is InChI=1S/C25H25ClN8O2/c26-20-11-17(4-1-15(20)12-27)34-10-9-19-22(13-34)28-14-29-24(19)31-23-8-7-21(32-33-23)25(36)30-16-2-5-18(35)6-3-16/h1,4,7-8,11,14,16,18,35H,2-3,5-6,9-10,13H2,(H,30,36)(H,28,29,31,33)/t16-,18-. The molecule has 1 aliphatic carbocycles. The molecule has 0 saturated heterocycles. The Morgan fingerprint density at radius 3 is 2.69 bits per heavy atom. The number of fused-ring (bicyclic) bond motifs is 1. The number of nitrogens with one attached hydrogen (secondary N) is 2. The summed E-state index contributed by atoms with van der Waals surface area (Å²) in [6.45, 7) is 1.32. The van der Waals surface area contributed by atoms with Crippen molar-refractivity contribution in [2.45, 2.75) is 50.8 Å². The summed E-state index contributed by atoms with van der Waals surface area (Å²) in [5, 5.41) is 33.6. The minimum Gasteiger partial charge on any atom is -0.393 e. The van der Waals surface area contributed by atoms with Crippen LogP contribution in [0.2, 0.25) is 5.02 Å². The summed E-state index contributed by atoms with van der Waals surface area (Å²) in [7, 11) is 0. The number of nitriles is 1. The molecule has 1 amide bonds. The van der Waals surface area contributed by atoms with Crippen LogP contribution in [0.5, 0.6) is 0 Å². The number of hydrogen-bond acceptors (Lipinski definition) is 9. The number of aromatic nitrogens is 4. The molecule has 3 aromatic rings. The highest BCUT2D eigenvalue weighted by atomic mass is 35.5. The summed E-state index contributed by atoms with van der Waals surface area (Å²) in [5.41, 5.74) is 3.51. The number of aliphatic hydroxyl groups is 1. The molecule has 0 spiro atoms. The zero-order chi connectivity index (χ0) is 25.1. The third-order valence-electron chi connectivity index (χ3n) is 6.62. The van der Waals surface area contributed by atoms with Gasteiger partial charge in [0.25, 0.3) is 5.91 Å². The smallest absolute Gasteiger partial charge is 0.272 e. The molecular weight excluding hydrogens is 480 g/mol. The van der Waals surface area contributed by atoms with E-state index < -0.39 is 0 Å².